The van der Waals surface area contributed by atoms with E-state index in [1.54, 1.807) is 35.5 Å². The molecule has 0 amide bonds. The van der Waals surface area contributed by atoms with Crippen LogP contribution in [0.3, 0.4) is 0 Å². The van der Waals surface area contributed by atoms with Crippen LogP contribution in [-0.2, 0) is 36.0 Å². The number of aliphatic hydroxyl groups is 1. The Bertz CT molecular complexity index is 674. The summed E-state index contributed by atoms with van der Waals surface area (Å²) in [6.45, 7) is 11.3. The fourth-order valence-corrected chi connectivity index (χ4v) is 9.09. The molecule has 2 atom stereocenters. The monoisotopic (exact) mass is 640 g/mol. The normalized spacial score (nSPS) is 20.3. The summed E-state index contributed by atoms with van der Waals surface area (Å²) in [5, 5.41) is 10.4. The van der Waals surface area contributed by atoms with E-state index in [-0.39, 0.29) is 6.10 Å². The van der Waals surface area contributed by atoms with Gasteiger partial charge >= 0.3 is 17.6 Å². The molecule has 2 aliphatic heterocycles. The average Bonchev–Trinajstić information content (AvgIpc) is 3.00. The molecule has 0 aromatic carbocycles. The van der Waals surface area contributed by atoms with Crippen molar-refractivity contribution in [1.29, 1.82) is 0 Å². The molecule has 0 aromatic rings. The number of nitrogens with zero attached hydrogens (tertiary/aromatic N) is 4. The highest BCUT2D eigenvalue weighted by atomic mass is 28.4. The second kappa shape index (κ2) is 20.8. The van der Waals surface area contributed by atoms with Crippen LogP contribution in [0.15, 0.2) is 0 Å². The Morgan fingerprint density at radius 1 is 0.595 bits per heavy atom. The van der Waals surface area contributed by atoms with Crippen LogP contribution in [0.4, 0.5) is 0 Å². The van der Waals surface area contributed by atoms with E-state index in [0.29, 0.717) is 45.1 Å². The van der Waals surface area contributed by atoms with Gasteiger partial charge in [-0.1, -0.05) is 0 Å². The van der Waals surface area contributed by atoms with Crippen molar-refractivity contribution in [2.45, 2.75) is 37.1 Å². The van der Waals surface area contributed by atoms with Gasteiger partial charge in [0.25, 0.3) is 0 Å². The van der Waals surface area contributed by atoms with E-state index in [2.05, 4.69) is 33.7 Å². The first-order chi connectivity index (χ1) is 20.2. The number of aliphatic hydroxyl groups excluding tert-OH is 1. The molecule has 2 rings (SSSR count). The van der Waals surface area contributed by atoms with E-state index < -0.39 is 23.7 Å². The van der Waals surface area contributed by atoms with E-state index >= 15 is 0 Å². The Hall–Kier alpha value is -0.0862. The van der Waals surface area contributed by atoms with Gasteiger partial charge in [-0.2, -0.15) is 0 Å². The number of piperazine rings is 2. The third kappa shape index (κ3) is 13.9. The first-order valence-corrected chi connectivity index (χ1v) is 19.2. The van der Waals surface area contributed by atoms with Crippen molar-refractivity contribution in [2.24, 2.45) is 0 Å². The van der Waals surface area contributed by atoms with Gasteiger partial charge in [0.05, 0.1) is 25.4 Å². The second-order valence-electron chi connectivity index (χ2n) is 11.3. The van der Waals surface area contributed by atoms with Gasteiger partial charge in [0, 0.05) is 126 Å². The number of hydrogen-bond donors (Lipinski definition) is 1. The van der Waals surface area contributed by atoms with Gasteiger partial charge in [-0.15, -0.1) is 0 Å². The number of β-amino-alcohol motifs (C(OH)–C–C–N with tert-alkyl or cyclic N) is 1. The molecular weight excluding hydrogens is 580 g/mol. The maximum Gasteiger partial charge on any atom is 0.500 e. The van der Waals surface area contributed by atoms with Crippen LogP contribution in [0.1, 0.15) is 12.8 Å². The third-order valence-corrected chi connectivity index (χ3v) is 13.9. The van der Waals surface area contributed by atoms with Crippen LogP contribution in [0, 0.1) is 0 Å². The van der Waals surface area contributed by atoms with Crippen LogP contribution in [0.5, 0.6) is 0 Å². The van der Waals surface area contributed by atoms with Gasteiger partial charge in [-0.05, 0) is 26.9 Å². The standard InChI is InChI=1S/C27H60N4O9Si2/c1-28-10-14-30(15-11-28)22-26(32)24-38-18-9-21-42(36-6,37-7)40-27(23-31-16-12-29(2)13-17-31)25-39-19-8-20-41(33-3,34-4)35-5/h26-27,32H,8-25H2,1-7H3. The molecule has 42 heavy (non-hydrogen) atoms. The maximum atomic E-state index is 10.4. The molecule has 0 aromatic heterocycles. The molecule has 2 heterocycles. The molecule has 0 aliphatic carbocycles. The number of rotatable bonds is 23. The Morgan fingerprint density at radius 2 is 1.02 bits per heavy atom. The molecule has 2 fully saturated rings. The van der Waals surface area contributed by atoms with Gasteiger partial charge in [0.1, 0.15) is 0 Å². The Morgan fingerprint density at radius 3 is 1.50 bits per heavy atom. The van der Waals surface area contributed by atoms with E-state index in [0.717, 1.165) is 71.7 Å². The molecule has 250 valence electrons. The molecule has 0 radical (unpaired) electrons. The largest absolute Gasteiger partial charge is 0.500 e. The van der Waals surface area contributed by atoms with E-state index in [1.165, 1.54) is 0 Å². The summed E-state index contributed by atoms with van der Waals surface area (Å²) in [6, 6.07) is 1.30. The molecule has 0 spiro atoms. The van der Waals surface area contributed by atoms with Crippen LogP contribution >= 0.6 is 0 Å². The van der Waals surface area contributed by atoms with E-state index in [4.69, 9.17) is 36.0 Å². The van der Waals surface area contributed by atoms with Crippen LogP contribution in [-0.4, -0.2) is 196 Å². The van der Waals surface area contributed by atoms with E-state index in [9.17, 15) is 5.11 Å². The van der Waals surface area contributed by atoms with Gasteiger partial charge in [-0.3, -0.25) is 9.80 Å². The minimum atomic E-state index is -2.96. The smallest absolute Gasteiger partial charge is 0.389 e. The van der Waals surface area contributed by atoms with Crippen molar-refractivity contribution in [1.82, 2.24) is 19.6 Å². The minimum absolute atomic E-state index is 0.194. The van der Waals surface area contributed by atoms with Crippen molar-refractivity contribution >= 4 is 17.6 Å². The Kier molecular flexibility index (Phi) is 18.9. The van der Waals surface area contributed by atoms with Crippen LogP contribution in [0.2, 0.25) is 12.1 Å². The molecule has 2 unspecified atom stereocenters. The number of likely N-dealkylation sites (N-methyl/N-ethyl adjacent to an activating group) is 2. The van der Waals surface area contributed by atoms with E-state index in [1.807, 2.05) is 0 Å². The highest BCUT2D eigenvalue weighted by molar-refractivity contribution is 6.61. The van der Waals surface area contributed by atoms with Crippen LogP contribution in [0.25, 0.3) is 0 Å². The van der Waals surface area contributed by atoms with Crippen molar-refractivity contribution < 1.29 is 41.1 Å². The zero-order valence-corrected chi connectivity index (χ0v) is 29.4. The van der Waals surface area contributed by atoms with Gasteiger partial charge in [0.15, 0.2) is 0 Å². The predicted molar refractivity (Wildman–Crippen MR) is 166 cm³/mol. The highest BCUT2D eigenvalue weighted by Crippen LogP contribution is 2.21. The summed E-state index contributed by atoms with van der Waals surface area (Å²) in [7, 11) is 6.90. The van der Waals surface area contributed by atoms with Crippen molar-refractivity contribution in [3.05, 3.63) is 0 Å². The number of ether oxygens (including phenoxy) is 2. The zero-order chi connectivity index (χ0) is 30.8. The molecule has 2 saturated heterocycles. The summed E-state index contributed by atoms with van der Waals surface area (Å²) >= 11 is 0. The van der Waals surface area contributed by atoms with Gasteiger partial charge in [-0.25, -0.2) is 0 Å². The molecule has 15 heteroatoms. The SMILES string of the molecule is CO[Si](CCCOCC(CN1CCN(C)CC1)O[Si](CCCOCC(O)CN1CCN(C)CC1)(OC)OC)(OC)OC. The summed E-state index contributed by atoms with van der Waals surface area (Å²) < 4.78 is 47.0. The highest BCUT2D eigenvalue weighted by Gasteiger charge is 2.42. The lowest BCUT2D eigenvalue weighted by atomic mass is 10.3. The maximum absolute atomic E-state index is 10.4. The van der Waals surface area contributed by atoms with Crippen LogP contribution < -0.4 is 0 Å². The molecule has 2 aliphatic rings. The molecule has 0 saturated carbocycles. The fraction of sp³-hybridized carbons (Fsp3) is 1.00. The molecular formula is C27H60N4O9Si2. The van der Waals surface area contributed by atoms with Crippen molar-refractivity contribution in [2.75, 3.05) is 142 Å². The lowest BCUT2D eigenvalue weighted by Crippen LogP contribution is -2.53. The van der Waals surface area contributed by atoms with Gasteiger partial charge < -0.3 is 50.9 Å². The van der Waals surface area contributed by atoms with Crippen molar-refractivity contribution in [3.8, 4) is 0 Å². The summed E-state index contributed by atoms with van der Waals surface area (Å²) in [5.41, 5.74) is 0. The number of hydrogen-bond acceptors (Lipinski definition) is 13. The summed E-state index contributed by atoms with van der Waals surface area (Å²) in [5.74, 6) is 0. The van der Waals surface area contributed by atoms with Crippen molar-refractivity contribution in [3.63, 3.8) is 0 Å². The quantitative estimate of drug-likeness (QED) is 0.121. The zero-order valence-electron chi connectivity index (χ0n) is 27.4. The molecule has 1 N–H and O–H groups in total. The summed E-state index contributed by atoms with van der Waals surface area (Å²) in [4.78, 5) is 9.36. The molecule has 13 nitrogen and oxygen atoms in total. The fourth-order valence-electron chi connectivity index (χ4n) is 5.29. The topological polar surface area (TPSA) is 107 Å². The Balaban J connectivity index is 1.83. The lowest BCUT2D eigenvalue weighted by molar-refractivity contribution is -0.0223. The first kappa shape index (κ1) is 38.1. The lowest BCUT2D eigenvalue weighted by Gasteiger charge is -2.37. The predicted octanol–water partition coefficient (Wildman–Crippen LogP) is 0.151. The first-order valence-electron chi connectivity index (χ1n) is 15.3. The Labute approximate surface area is 256 Å². The average molecular weight is 641 g/mol. The summed E-state index contributed by atoms with van der Waals surface area (Å²) in [6.07, 6.45) is 0.791. The third-order valence-electron chi connectivity index (χ3n) is 8.18. The molecule has 0 bridgehead atoms. The van der Waals surface area contributed by atoms with Gasteiger partial charge in [0.2, 0.25) is 0 Å². The minimum Gasteiger partial charge on any atom is -0.389 e. The second-order valence-corrected chi connectivity index (χ2v) is 17.4.